The molecule has 3 heterocycles. The van der Waals surface area contributed by atoms with E-state index < -0.39 is 35.0 Å². The van der Waals surface area contributed by atoms with Crippen LogP contribution >= 0.6 is 23.1 Å². The van der Waals surface area contributed by atoms with Crippen LogP contribution in [0.1, 0.15) is 9.67 Å². The number of ether oxygens (including phenoxy) is 2. The highest BCUT2D eigenvalue weighted by atomic mass is 32.2. The average Bonchev–Trinajstić information content (AvgIpc) is 3.17. The first-order valence-corrected chi connectivity index (χ1v) is 9.48. The molecule has 1 aromatic rings. The summed E-state index contributed by atoms with van der Waals surface area (Å²) in [7, 11) is 1.26. The molecule has 27 heavy (non-hydrogen) atoms. The second-order valence-electron chi connectivity index (χ2n) is 5.57. The van der Waals surface area contributed by atoms with Gasteiger partial charge in [0.15, 0.2) is 0 Å². The number of thioether (sulfide) groups is 1. The molecule has 12 heteroatoms. The third-order valence-corrected chi connectivity index (χ3v) is 6.31. The molecule has 3 amide bonds. The molecule has 0 saturated carbocycles. The van der Waals surface area contributed by atoms with Crippen molar-refractivity contribution in [3.05, 3.63) is 33.7 Å². The Bertz CT molecular complexity index is 838. The lowest BCUT2D eigenvalue weighted by molar-refractivity contribution is -0.188. The third-order valence-electron chi connectivity index (χ3n) is 4.07. The Balaban J connectivity index is 1.88. The standard InChI is InChI=1S/C15H15N3O7S2/c1-24-15(17-10(19)8-3-2-4-26-8)12(22)18-9(11(20)21)7(5-25-14(16)23)6-27-13(15)18/h2-4,13H,5-6H2,1H3,(H2,16,23)(H,17,19)(H,20,21)/t13-,15+/m1/s1. The van der Waals surface area contributed by atoms with Crippen molar-refractivity contribution in [2.24, 2.45) is 5.73 Å². The first kappa shape index (κ1) is 19.2. The van der Waals surface area contributed by atoms with E-state index in [0.717, 1.165) is 4.90 Å². The van der Waals surface area contributed by atoms with Crippen LogP contribution in [-0.2, 0) is 19.1 Å². The zero-order valence-corrected chi connectivity index (χ0v) is 15.6. The number of aliphatic carboxylic acids is 1. The molecule has 144 valence electrons. The number of carbonyl (C=O) groups excluding carboxylic acids is 3. The molecule has 0 bridgehead atoms. The number of β-lactam (4-membered cyclic amide) rings is 1. The van der Waals surface area contributed by atoms with Gasteiger partial charge in [-0.1, -0.05) is 6.07 Å². The van der Waals surface area contributed by atoms with Crippen LogP contribution in [0.2, 0.25) is 0 Å². The summed E-state index contributed by atoms with van der Waals surface area (Å²) in [5.74, 6) is -2.42. The largest absolute Gasteiger partial charge is 0.477 e. The maximum absolute atomic E-state index is 12.8. The van der Waals surface area contributed by atoms with E-state index in [-0.39, 0.29) is 23.6 Å². The van der Waals surface area contributed by atoms with Crippen LogP contribution in [0.15, 0.2) is 28.8 Å². The quantitative estimate of drug-likeness (QED) is 0.441. The number of carbonyl (C=O) groups is 4. The molecule has 2 atom stereocenters. The van der Waals surface area contributed by atoms with E-state index in [2.05, 4.69) is 10.1 Å². The zero-order chi connectivity index (χ0) is 19.8. The fraction of sp³-hybridized carbons (Fsp3) is 0.333. The van der Waals surface area contributed by atoms with Gasteiger partial charge >= 0.3 is 12.1 Å². The van der Waals surface area contributed by atoms with E-state index in [4.69, 9.17) is 10.5 Å². The molecule has 4 N–H and O–H groups in total. The predicted octanol–water partition coefficient (Wildman–Crippen LogP) is 0.170. The Morgan fingerprint density at radius 1 is 1.48 bits per heavy atom. The molecule has 3 rings (SSSR count). The molecular weight excluding hydrogens is 398 g/mol. The van der Waals surface area contributed by atoms with Gasteiger partial charge in [-0.3, -0.25) is 14.5 Å². The van der Waals surface area contributed by atoms with Crippen LogP contribution in [0.4, 0.5) is 4.79 Å². The number of thiophene rings is 1. The van der Waals surface area contributed by atoms with Gasteiger partial charge in [-0.15, -0.1) is 23.1 Å². The van der Waals surface area contributed by atoms with Crippen LogP contribution in [0.5, 0.6) is 0 Å². The summed E-state index contributed by atoms with van der Waals surface area (Å²) in [5, 5.41) is 13.0. The summed E-state index contributed by atoms with van der Waals surface area (Å²) in [6.07, 6.45) is -1.05. The summed E-state index contributed by atoms with van der Waals surface area (Å²) in [4.78, 5) is 49.1. The molecule has 0 unspecified atom stereocenters. The number of nitrogens with one attached hydrogen (secondary N) is 1. The normalized spacial score (nSPS) is 24.1. The number of amides is 3. The summed E-state index contributed by atoms with van der Waals surface area (Å²) in [5.41, 5.74) is 3.16. The van der Waals surface area contributed by atoms with E-state index in [1.165, 1.54) is 30.2 Å². The number of fused-ring (bicyclic) bond motifs is 1. The van der Waals surface area contributed by atoms with Gasteiger partial charge in [0.25, 0.3) is 17.5 Å². The highest BCUT2D eigenvalue weighted by Gasteiger charge is 2.66. The third kappa shape index (κ3) is 3.15. The first-order chi connectivity index (χ1) is 12.8. The van der Waals surface area contributed by atoms with Crippen LogP contribution in [0, 0.1) is 0 Å². The van der Waals surface area contributed by atoms with Crippen molar-refractivity contribution < 1.29 is 33.8 Å². The fourth-order valence-electron chi connectivity index (χ4n) is 2.85. The van der Waals surface area contributed by atoms with Crippen LogP contribution in [0.3, 0.4) is 0 Å². The minimum atomic E-state index is -1.68. The minimum absolute atomic E-state index is 0.156. The van der Waals surface area contributed by atoms with Crippen molar-refractivity contribution in [3.63, 3.8) is 0 Å². The molecule has 0 aromatic carbocycles. The number of methoxy groups -OCH3 is 1. The topological polar surface area (TPSA) is 148 Å². The van der Waals surface area contributed by atoms with Crippen LogP contribution < -0.4 is 11.1 Å². The van der Waals surface area contributed by atoms with Gasteiger partial charge in [0.05, 0.1) is 4.88 Å². The second kappa shape index (κ2) is 7.21. The molecule has 1 fully saturated rings. The minimum Gasteiger partial charge on any atom is -0.477 e. The van der Waals surface area contributed by atoms with Crippen molar-refractivity contribution in [3.8, 4) is 0 Å². The maximum atomic E-state index is 12.8. The van der Waals surface area contributed by atoms with Crippen molar-refractivity contribution in [2.45, 2.75) is 11.1 Å². The summed E-state index contributed by atoms with van der Waals surface area (Å²) in [6.45, 7) is -0.345. The van der Waals surface area contributed by atoms with Gasteiger partial charge in [-0.2, -0.15) is 0 Å². The lowest BCUT2D eigenvalue weighted by atomic mass is 9.98. The number of carboxylic acids is 1. The van der Waals surface area contributed by atoms with Gasteiger partial charge in [-0.05, 0) is 11.4 Å². The molecule has 1 aromatic heterocycles. The molecule has 0 aliphatic carbocycles. The highest BCUT2D eigenvalue weighted by molar-refractivity contribution is 8.00. The lowest BCUT2D eigenvalue weighted by Gasteiger charge is -2.55. The molecule has 2 aliphatic rings. The van der Waals surface area contributed by atoms with E-state index in [1.807, 2.05) is 0 Å². The van der Waals surface area contributed by atoms with Crippen LogP contribution in [0.25, 0.3) is 0 Å². The van der Waals surface area contributed by atoms with E-state index in [0.29, 0.717) is 4.88 Å². The number of hydrogen-bond donors (Lipinski definition) is 3. The van der Waals surface area contributed by atoms with E-state index in [9.17, 15) is 24.3 Å². The summed E-state index contributed by atoms with van der Waals surface area (Å²) >= 11 is 2.38. The summed E-state index contributed by atoms with van der Waals surface area (Å²) in [6, 6.07) is 3.29. The Morgan fingerprint density at radius 3 is 2.78 bits per heavy atom. The summed E-state index contributed by atoms with van der Waals surface area (Å²) < 4.78 is 9.99. The number of carboxylic acid groups (broad SMARTS) is 1. The number of hydrogen-bond acceptors (Lipinski definition) is 8. The Hall–Kier alpha value is -2.57. The molecule has 1 saturated heterocycles. The Kier molecular flexibility index (Phi) is 5.13. The number of rotatable bonds is 6. The van der Waals surface area contributed by atoms with Crippen molar-refractivity contribution >= 4 is 47.0 Å². The Labute approximate surface area is 161 Å². The fourth-order valence-corrected chi connectivity index (χ4v) is 4.89. The zero-order valence-electron chi connectivity index (χ0n) is 14.0. The molecule has 2 aliphatic heterocycles. The van der Waals surface area contributed by atoms with Crippen molar-refractivity contribution in [2.75, 3.05) is 19.5 Å². The SMILES string of the molecule is CO[C@@]1(NC(=O)c2cccs2)C(=O)N2C(C(=O)O)=C(COC(N)=O)CS[C@@H]21. The van der Waals surface area contributed by atoms with Gasteiger partial charge in [0.1, 0.15) is 17.7 Å². The van der Waals surface area contributed by atoms with Gasteiger partial charge in [-0.25, -0.2) is 9.59 Å². The van der Waals surface area contributed by atoms with Gasteiger partial charge < -0.3 is 25.6 Å². The molecule has 10 nitrogen and oxygen atoms in total. The molecule has 0 radical (unpaired) electrons. The van der Waals surface area contributed by atoms with E-state index in [1.54, 1.807) is 17.5 Å². The number of primary amides is 1. The van der Waals surface area contributed by atoms with E-state index >= 15 is 0 Å². The van der Waals surface area contributed by atoms with Gasteiger partial charge in [0.2, 0.25) is 0 Å². The number of nitrogens with zero attached hydrogens (tertiary/aromatic N) is 1. The Morgan fingerprint density at radius 2 is 2.22 bits per heavy atom. The number of nitrogens with two attached hydrogens (primary N) is 1. The maximum Gasteiger partial charge on any atom is 0.404 e. The average molecular weight is 413 g/mol. The van der Waals surface area contributed by atoms with Crippen molar-refractivity contribution in [1.82, 2.24) is 10.2 Å². The van der Waals surface area contributed by atoms with Crippen molar-refractivity contribution in [1.29, 1.82) is 0 Å². The smallest absolute Gasteiger partial charge is 0.404 e. The predicted molar refractivity (Wildman–Crippen MR) is 94.8 cm³/mol. The molecular formula is C15H15N3O7S2. The highest BCUT2D eigenvalue weighted by Crippen LogP contribution is 2.46. The first-order valence-electron chi connectivity index (χ1n) is 7.55. The monoisotopic (exact) mass is 413 g/mol. The van der Waals surface area contributed by atoms with Gasteiger partial charge in [0, 0.05) is 18.4 Å². The lowest BCUT2D eigenvalue weighted by Crippen LogP contribution is -2.80. The second-order valence-corrected chi connectivity index (χ2v) is 7.59. The van der Waals surface area contributed by atoms with Crippen LogP contribution in [-0.4, -0.2) is 64.5 Å². The molecule has 0 spiro atoms.